The van der Waals surface area contributed by atoms with E-state index >= 15 is 0 Å². The van der Waals surface area contributed by atoms with Crippen molar-refractivity contribution in [2.75, 3.05) is 0 Å². The van der Waals surface area contributed by atoms with Crippen LogP contribution < -0.4 is 0 Å². The lowest BCUT2D eigenvalue weighted by molar-refractivity contribution is 0.0993. The van der Waals surface area contributed by atoms with Gasteiger partial charge in [0.25, 0.3) is 0 Å². The second-order valence-electron chi connectivity index (χ2n) is 7.09. The predicted molar refractivity (Wildman–Crippen MR) is 107 cm³/mol. The number of Topliss-reactive ketones (excluding diaryl/α,β-unsaturated/α-hetero) is 1. The molecule has 0 amide bonds. The van der Waals surface area contributed by atoms with Gasteiger partial charge in [0, 0.05) is 29.6 Å². The molecule has 1 saturated carbocycles. The van der Waals surface area contributed by atoms with Gasteiger partial charge in [0.2, 0.25) is 0 Å². The van der Waals surface area contributed by atoms with Gasteiger partial charge in [0.05, 0.1) is 5.25 Å². The summed E-state index contributed by atoms with van der Waals surface area (Å²) >= 11 is 1.49. The minimum Gasteiger partial charge on any atom is -0.299 e. The number of thioether (sulfide) groups is 1. The summed E-state index contributed by atoms with van der Waals surface area (Å²) in [5.74, 6) is 0.967. The summed E-state index contributed by atoms with van der Waals surface area (Å²) in [5.41, 5.74) is 3.86. The zero-order valence-electron chi connectivity index (χ0n) is 15.7. The molecule has 0 saturated heterocycles. The van der Waals surface area contributed by atoms with E-state index in [2.05, 4.69) is 19.7 Å². The third-order valence-corrected chi connectivity index (χ3v) is 5.86. The highest BCUT2D eigenvalue weighted by Crippen LogP contribution is 2.41. The van der Waals surface area contributed by atoms with Gasteiger partial charge in [-0.05, 0) is 57.4 Å². The number of pyridine rings is 1. The summed E-state index contributed by atoms with van der Waals surface area (Å²) in [6.07, 6.45) is 5.81. The molecule has 3 aromatic rings. The van der Waals surface area contributed by atoms with E-state index in [4.69, 9.17) is 0 Å². The van der Waals surface area contributed by atoms with Crippen molar-refractivity contribution in [2.24, 2.45) is 0 Å². The molecule has 0 bridgehead atoms. The van der Waals surface area contributed by atoms with Crippen molar-refractivity contribution in [2.45, 2.75) is 50.1 Å². The summed E-state index contributed by atoms with van der Waals surface area (Å²) < 4.78 is 2.18. The Hall–Kier alpha value is -2.47. The zero-order valence-corrected chi connectivity index (χ0v) is 16.5. The van der Waals surface area contributed by atoms with Crippen LogP contribution in [0.1, 0.15) is 47.3 Å². The van der Waals surface area contributed by atoms with Crippen LogP contribution in [0.15, 0.2) is 47.9 Å². The summed E-state index contributed by atoms with van der Waals surface area (Å²) in [5, 5.41) is 9.39. The maximum Gasteiger partial charge on any atom is 0.192 e. The Labute approximate surface area is 163 Å². The number of hydrogen-bond donors (Lipinski definition) is 0. The molecule has 0 aliphatic heterocycles. The number of carbonyl (C=O) groups is 1. The van der Waals surface area contributed by atoms with Crippen molar-refractivity contribution >= 4 is 17.5 Å². The van der Waals surface area contributed by atoms with Crippen molar-refractivity contribution in [1.29, 1.82) is 0 Å². The van der Waals surface area contributed by atoms with Crippen molar-refractivity contribution in [3.05, 3.63) is 59.4 Å². The first-order valence-corrected chi connectivity index (χ1v) is 10.1. The van der Waals surface area contributed by atoms with E-state index in [-0.39, 0.29) is 11.0 Å². The lowest BCUT2D eigenvalue weighted by Gasteiger charge is -2.14. The third kappa shape index (κ3) is 3.67. The molecule has 1 atom stereocenters. The molecule has 2 aromatic heterocycles. The Morgan fingerprint density at radius 1 is 1.22 bits per heavy atom. The van der Waals surface area contributed by atoms with Gasteiger partial charge in [-0.3, -0.25) is 14.3 Å². The smallest absolute Gasteiger partial charge is 0.192 e. The van der Waals surface area contributed by atoms with Gasteiger partial charge in [-0.2, -0.15) is 0 Å². The fourth-order valence-corrected chi connectivity index (χ4v) is 4.13. The molecule has 0 spiro atoms. The maximum absolute atomic E-state index is 13.0. The fourth-order valence-electron chi connectivity index (χ4n) is 3.14. The summed E-state index contributed by atoms with van der Waals surface area (Å²) in [4.78, 5) is 17.2. The van der Waals surface area contributed by atoms with Crippen LogP contribution in [0.2, 0.25) is 0 Å². The molecule has 138 valence electrons. The van der Waals surface area contributed by atoms with E-state index in [0.717, 1.165) is 46.1 Å². The molecule has 1 unspecified atom stereocenters. The molecule has 1 aliphatic carbocycles. The number of ketones is 1. The largest absolute Gasteiger partial charge is 0.299 e. The highest BCUT2D eigenvalue weighted by Gasteiger charge is 2.31. The van der Waals surface area contributed by atoms with Crippen molar-refractivity contribution in [3.8, 4) is 11.4 Å². The Morgan fingerprint density at radius 3 is 2.74 bits per heavy atom. The monoisotopic (exact) mass is 378 g/mol. The number of aromatic nitrogens is 4. The summed E-state index contributed by atoms with van der Waals surface area (Å²) in [6, 6.07) is 10.3. The zero-order chi connectivity index (χ0) is 19.0. The summed E-state index contributed by atoms with van der Waals surface area (Å²) in [7, 11) is 0. The maximum atomic E-state index is 13.0. The van der Waals surface area contributed by atoms with Crippen LogP contribution in [0.4, 0.5) is 0 Å². The SMILES string of the molecule is Cc1ccc(C)c(C(=O)C(C)Sc2nnc(-c3cccnc3)n2C2CC2)c1. The third-order valence-electron chi connectivity index (χ3n) is 4.81. The molecule has 27 heavy (non-hydrogen) atoms. The Balaban J connectivity index is 1.62. The van der Waals surface area contributed by atoms with Gasteiger partial charge in [0.1, 0.15) is 0 Å². The number of rotatable bonds is 6. The minimum atomic E-state index is -0.228. The van der Waals surface area contributed by atoms with Crippen LogP contribution in [0.25, 0.3) is 11.4 Å². The van der Waals surface area contributed by atoms with E-state index < -0.39 is 0 Å². The fraction of sp³-hybridized carbons (Fsp3) is 0.333. The second-order valence-corrected chi connectivity index (χ2v) is 8.40. The first-order chi connectivity index (χ1) is 13.0. The van der Waals surface area contributed by atoms with Crippen LogP contribution in [0, 0.1) is 13.8 Å². The highest BCUT2D eigenvalue weighted by atomic mass is 32.2. The van der Waals surface area contributed by atoms with Crippen molar-refractivity contribution in [1.82, 2.24) is 19.7 Å². The lowest BCUT2D eigenvalue weighted by atomic mass is 10.0. The Kier molecular flexibility index (Phi) is 4.83. The van der Waals surface area contributed by atoms with Crippen molar-refractivity contribution in [3.63, 3.8) is 0 Å². The van der Waals surface area contributed by atoms with Gasteiger partial charge in [-0.15, -0.1) is 10.2 Å². The van der Waals surface area contributed by atoms with Crippen molar-refractivity contribution < 1.29 is 4.79 Å². The molecule has 2 heterocycles. The topological polar surface area (TPSA) is 60.7 Å². The first-order valence-electron chi connectivity index (χ1n) is 9.18. The first kappa shape index (κ1) is 17.9. The summed E-state index contributed by atoms with van der Waals surface area (Å²) in [6.45, 7) is 5.94. The van der Waals surface area contributed by atoms with Crippen LogP contribution >= 0.6 is 11.8 Å². The molecule has 1 fully saturated rings. The molecule has 5 nitrogen and oxygen atoms in total. The highest BCUT2D eigenvalue weighted by molar-refractivity contribution is 8.00. The molecule has 4 rings (SSSR count). The van der Waals surface area contributed by atoms with E-state index in [1.807, 2.05) is 57.3 Å². The van der Waals surface area contributed by atoms with Crippen LogP contribution in [0.3, 0.4) is 0 Å². The number of nitrogens with zero attached hydrogens (tertiary/aromatic N) is 4. The average molecular weight is 379 g/mol. The van der Waals surface area contributed by atoms with E-state index in [1.165, 1.54) is 11.8 Å². The minimum absolute atomic E-state index is 0.134. The number of benzene rings is 1. The van der Waals surface area contributed by atoms with E-state index in [1.54, 1.807) is 6.20 Å². The quantitative estimate of drug-likeness (QED) is 0.461. The molecular formula is C21H22N4OS. The van der Waals surface area contributed by atoms with Crippen LogP contribution in [-0.2, 0) is 0 Å². The number of carbonyl (C=O) groups excluding carboxylic acids is 1. The average Bonchev–Trinajstić information content (AvgIpc) is 3.44. The van der Waals surface area contributed by atoms with Gasteiger partial charge < -0.3 is 0 Å². The van der Waals surface area contributed by atoms with Gasteiger partial charge >= 0.3 is 0 Å². The molecule has 6 heteroatoms. The molecule has 1 aromatic carbocycles. The standard InChI is InChI=1S/C21H22N4OS/c1-13-6-7-14(2)18(11-13)19(26)15(3)27-21-24-23-20(25(21)17-8-9-17)16-5-4-10-22-12-16/h4-7,10-12,15,17H,8-9H2,1-3H3. The van der Waals surface area contributed by atoms with Crippen LogP contribution in [-0.4, -0.2) is 30.8 Å². The molecule has 0 N–H and O–H groups in total. The predicted octanol–water partition coefficient (Wildman–Crippen LogP) is 4.66. The van der Waals surface area contributed by atoms with E-state index in [9.17, 15) is 4.79 Å². The molecule has 1 aliphatic rings. The number of hydrogen-bond acceptors (Lipinski definition) is 5. The van der Waals surface area contributed by atoms with E-state index in [0.29, 0.717) is 6.04 Å². The Bertz CT molecular complexity index is 979. The van der Waals surface area contributed by atoms with Gasteiger partial charge in [0.15, 0.2) is 16.8 Å². The molecular weight excluding hydrogens is 356 g/mol. The van der Waals surface area contributed by atoms with Crippen LogP contribution in [0.5, 0.6) is 0 Å². The van der Waals surface area contributed by atoms with Gasteiger partial charge in [-0.1, -0.05) is 29.5 Å². The lowest BCUT2D eigenvalue weighted by Crippen LogP contribution is -2.16. The van der Waals surface area contributed by atoms with Gasteiger partial charge in [-0.25, -0.2) is 0 Å². The Morgan fingerprint density at radius 2 is 2.04 bits per heavy atom. The second kappa shape index (κ2) is 7.27. The number of aryl methyl sites for hydroxylation is 2. The normalized spacial score (nSPS) is 14.9. The molecule has 0 radical (unpaired) electrons.